The predicted octanol–water partition coefficient (Wildman–Crippen LogP) is 1.29. The molecule has 3 heteroatoms. The van der Waals surface area contributed by atoms with Gasteiger partial charge in [-0.25, -0.2) is 4.79 Å². The molecular weight excluding hydrogens is 184 g/mol. The maximum absolute atomic E-state index is 10.5. The lowest BCUT2D eigenvalue weighted by Crippen LogP contribution is -2.10. The molecule has 0 aromatic heterocycles. The third kappa shape index (κ3) is 4.04. The number of carbonyl (C=O) groups is 1. The maximum Gasteiger partial charge on any atom is 0.333 e. The van der Waals surface area contributed by atoms with Gasteiger partial charge in [0.05, 0.1) is 0 Å². The molecule has 0 fully saturated rings. The molecule has 0 spiro atoms. The minimum absolute atomic E-state index is 0.279. The van der Waals surface area contributed by atoms with Crippen molar-refractivity contribution >= 4 is 21.9 Å². The molecule has 50 valence electrons. The number of esters is 1. The Hall–Kier alpha value is -0.490. The van der Waals surface area contributed by atoms with Gasteiger partial charge in [-0.15, -0.1) is 0 Å². The molecule has 0 heterocycles. The van der Waals surface area contributed by atoms with Crippen LogP contribution >= 0.6 is 15.9 Å². The highest BCUT2D eigenvalue weighted by atomic mass is 79.9. The van der Waals surface area contributed by atoms with E-state index in [-0.39, 0.29) is 10.8 Å². The summed E-state index contributed by atoms with van der Waals surface area (Å²) < 4.78 is 4.41. The van der Waals surface area contributed by atoms with Crippen LogP contribution in [0.3, 0.4) is 0 Å². The van der Waals surface area contributed by atoms with E-state index in [9.17, 15) is 4.79 Å². The number of halogens is 1. The molecule has 1 atom stereocenters. The van der Waals surface area contributed by atoms with E-state index in [1.54, 1.807) is 13.8 Å². The molecule has 0 amide bonds. The first-order valence-electron chi connectivity index (χ1n) is 2.45. The van der Waals surface area contributed by atoms with Gasteiger partial charge in [0.25, 0.3) is 0 Å². The monoisotopic (exact) mass is 190 g/mol. The van der Waals surface area contributed by atoms with Crippen LogP contribution in [0, 0.1) is 12.0 Å². The second kappa shape index (κ2) is 4.39. The Morgan fingerprint density at radius 1 is 1.78 bits per heavy atom. The zero-order valence-electron chi connectivity index (χ0n) is 5.27. The Bertz CT molecular complexity index is 152. The van der Waals surface area contributed by atoms with Crippen LogP contribution in [-0.4, -0.2) is 10.8 Å². The van der Waals surface area contributed by atoms with Crippen molar-refractivity contribution in [2.45, 2.75) is 18.7 Å². The van der Waals surface area contributed by atoms with Gasteiger partial charge in [0, 0.05) is 6.92 Å². The van der Waals surface area contributed by atoms with E-state index in [1.165, 1.54) is 0 Å². The van der Waals surface area contributed by atoms with Gasteiger partial charge in [0.2, 0.25) is 0 Å². The van der Waals surface area contributed by atoms with Crippen LogP contribution in [0.4, 0.5) is 0 Å². The molecule has 0 aliphatic rings. The van der Waals surface area contributed by atoms with E-state index in [0.29, 0.717) is 0 Å². The molecule has 0 N–H and O–H groups in total. The predicted molar refractivity (Wildman–Crippen MR) is 37.9 cm³/mol. The van der Waals surface area contributed by atoms with Crippen LogP contribution in [0.5, 0.6) is 0 Å². The van der Waals surface area contributed by atoms with Gasteiger partial charge < -0.3 is 4.74 Å². The quantitative estimate of drug-likeness (QED) is 0.354. The highest BCUT2D eigenvalue weighted by Crippen LogP contribution is 1.98. The first kappa shape index (κ1) is 8.51. The summed E-state index contributed by atoms with van der Waals surface area (Å²) in [4.78, 5) is 10.3. The average Bonchev–Trinajstić information content (AvgIpc) is 1.82. The first-order chi connectivity index (χ1) is 4.18. The van der Waals surface area contributed by atoms with Gasteiger partial charge in [0.15, 0.2) is 0 Å². The average molecular weight is 191 g/mol. The standard InChI is InChI=1S/C6H7BrO2/c1-3-4-9-6(8)5(2)7/h5H,1-2H3. The Labute approximate surface area is 62.7 Å². The Morgan fingerprint density at radius 3 is 2.67 bits per heavy atom. The van der Waals surface area contributed by atoms with Crippen LogP contribution < -0.4 is 0 Å². The Kier molecular flexibility index (Phi) is 4.16. The van der Waals surface area contributed by atoms with E-state index in [4.69, 9.17) is 0 Å². The number of hydrogen-bond donors (Lipinski definition) is 0. The van der Waals surface area contributed by atoms with Gasteiger partial charge in [-0.2, -0.15) is 0 Å². The lowest BCUT2D eigenvalue weighted by atomic mass is 10.5. The van der Waals surface area contributed by atoms with E-state index in [0.717, 1.165) is 0 Å². The molecule has 0 aromatic carbocycles. The van der Waals surface area contributed by atoms with Crippen LogP contribution in [-0.2, 0) is 9.53 Å². The zero-order valence-corrected chi connectivity index (χ0v) is 6.86. The fraction of sp³-hybridized carbons (Fsp3) is 0.500. The summed E-state index contributed by atoms with van der Waals surface area (Å²) >= 11 is 3.03. The number of ether oxygens (including phenoxy) is 1. The third-order valence-electron chi connectivity index (χ3n) is 0.578. The van der Waals surface area contributed by atoms with Crippen LogP contribution in [0.15, 0.2) is 0 Å². The topological polar surface area (TPSA) is 26.3 Å². The van der Waals surface area contributed by atoms with Crippen molar-refractivity contribution in [3.63, 3.8) is 0 Å². The van der Waals surface area contributed by atoms with Crippen molar-refractivity contribution in [3.8, 4) is 12.0 Å². The molecule has 0 saturated heterocycles. The molecule has 0 aliphatic carbocycles. The summed E-state index contributed by atoms with van der Waals surface area (Å²) in [5, 5.41) is 0. The van der Waals surface area contributed by atoms with E-state index < -0.39 is 0 Å². The molecule has 0 radical (unpaired) electrons. The van der Waals surface area contributed by atoms with E-state index in [2.05, 4.69) is 32.7 Å². The number of carbonyl (C=O) groups excluding carboxylic acids is 1. The van der Waals surface area contributed by atoms with Crippen molar-refractivity contribution < 1.29 is 9.53 Å². The van der Waals surface area contributed by atoms with Crippen LogP contribution in [0.25, 0.3) is 0 Å². The maximum atomic E-state index is 10.5. The molecular formula is C6H7BrO2. The molecule has 0 bridgehead atoms. The zero-order chi connectivity index (χ0) is 7.28. The Morgan fingerprint density at radius 2 is 2.33 bits per heavy atom. The van der Waals surface area contributed by atoms with Gasteiger partial charge in [0.1, 0.15) is 10.9 Å². The van der Waals surface area contributed by atoms with Gasteiger partial charge in [-0.05, 0) is 6.92 Å². The number of hydrogen-bond acceptors (Lipinski definition) is 2. The fourth-order valence-electron chi connectivity index (χ4n) is 0.183. The molecule has 0 rings (SSSR count). The Balaban J connectivity index is 3.60. The lowest BCUT2D eigenvalue weighted by Gasteiger charge is -1.94. The number of alkyl halides is 1. The lowest BCUT2D eigenvalue weighted by molar-refractivity contribution is -0.135. The van der Waals surface area contributed by atoms with Crippen molar-refractivity contribution in [2.75, 3.05) is 0 Å². The van der Waals surface area contributed by atoms with Crippen molar-refractivity contribution in [2.24, 2.45) is 0 Å². The molecule has 0 aromatic rings. The van der Waals surface area contributed by atoms with Crippen LogP contribution in [0.1, 0.15) is 13.8 Å². The summed E-state index contributed by atoms with van der Waals surface area (Å²) in [5.74, 6) is 2.08. The second-order valence-electron chi connectivity index (χ2n) is 1.39. The SMILES string of the molecule is CC#COC(=O)C(C)Br. The second-order valence-corrected chi connectivity index (χ2v) is 2.76. The van der Waals surface area contributed by atoms with Crippen LogP contribution in [0.2, 0.25) is 0 Å². The summed E-state index contributed by atoms with van der Waals surface area (Å²) in [6, 6.07) is 0. The molecule has 9 heavy (non-hydrogen) atoms. The normalized spacial score (nSPS) is 11.0. The molecule has 0 saturated carbocycles. The summed E-state index contributed by atoms with van der Waals surface area (Å²) in [5.41, 5.74) is 0. The minimum atomic E-state index is -0.357. The van der Waals surface area contributed by atoms with Gasteiger partial charge >= 0.3 is 5.97 Å². The highest BCUT2D eigenvalue weighted by Gasteiger charge is 2.07. The summed E-state index contributed by atoms with van der Waals surface area (Å²) in [7, 11) is 0. The first-order valence-corrected chi connectivity index (χ1v) is 3.36. The molecule has 2 nitrogen and oxygen atoms in total. The van der Waals surface area contributed by atoms with E-state index >= 15 is 0 Å². The fourth-order valence-corrected chi connectivity index (χ4v) is 0.276. The van der Waals surface area contributed by atoms with Gasteiger partial charge in [-0.3, -0.25) is 0 Å². The van der Waals surface area contributed by atoms with E-state index in [1.807, 2.05) is 0 Å². The highest BCUT2D eigenvalue weighted by molar-refractivity contribution is 9.10. The number of rotatable bonds is 1. The molecule has 1 unspecified atom stereocenters. The smallest absolute Gasteiger partial charge is 0.333 e. The summed E-state index contributed by atoms with van der Waals surface area (Å²) in [6.45, 7) is 3.28. The third-order valence-corrected chi connectivity index (χ3v) is 0.952. The minimum Gasteiger partial charge on any atom is -0.371 e. The van der Waals surface area contributed by atoms with Crippen molar-refractivity contribution in [1.82, 2.24) is 0 Å². The largest absolute Gasteiger partial charge is 0.371 e. The molecule has 0 aliphatic heterocycles. The van der Waals surface area contributed by atoms with Crippen molar-refractivity contribution in [1.29, 1.82) is 0 Å². The van der Waals surface area contributed by atoms with Gasteiger partial charge in [-0.1, -0.05) is 21.9 Å². The summed E-state index contributed by atoms with van der Waals surface area (Å²) in [6.07, 6.45) is 2.20. The van der Waals surface area contributed by atoms with Crippen molar-refractivity contribution in [3.05, 3.63) is 0 Å².